The maximum absolute atomic E-state index is 12.9. The second-order valence-corrected chi connectivity index (χ2v) is 9.34. The van der Waals surface area contributed by atoms with Crippen molar-refractivity contribution in [2.45, 2.75) is 38.3 Å². The average Bonchev–Trinajstić information content (AvgIpc) is 3.39. The molecule has 0 unspecified atom stereocenters. The van der Waals surface area contributed by atoms with Crippen molar-refractivity contribution >= 4 is 33.2 Å². The molecule has 29 heavy (non-hydrogen) atoms. The van der Waals surface area contributed by atoms with E-state index >= 15 is 0 Å². The summed E-state index contributed by atoms with van der Waals surface area (Å²) in [6, 6.07) is 8.42. The van der Waals surface area contributed by atoms with Gasteiger partial charge in [-0.25, -0.2) is 4.98 Å². The molecule has 1 aliphatic carbocycles. The van der Waals surface area contributed by atoms with Crippen LogP contribution in [-0.4, -0.2) is 52.0 Å². The van der Waals surface area contributed by atoms with Gasteiger partial charge in [-0.2, -0.15) is 0 Å². The van der Waals surface area contributed by atoms with E-state index in [4.69, 9.17) is 16.6 Å². The Bertz CT molecular complexity index is 1060. The highest BCUT2D eigenvalue weighted by atomic mass is 35.5. The molecule has 3 heterocycles. The molecule has 0 spiro atoms. The van der Waals surface area contributed by atoms with Gasteiger partial charge in [0.25, 0.3) is 5.56 Å². The van der Waals surface area contributed by atoms with Gasteiger partial charge in [-0.1, -0.05) is 42.6 Å². The molecule has 0 atom stereocenters. The Morgan fingerprint density at radius 1 is 1.10 bits per heavy atom. The predicted molar refractivity (Wildman–Crippen MR) is 120 cm³/mol. The van der Waals surface area contributed by atoms with E-state index in [2.05, 4.69) is 14.8 Å². The fourth-order valence-electron chi connectivity index (χ4n) is 4.71. The molecule has 0 radical (unpaired) electrons. The minimum atomic E-state index is -0.0780. The van der Waals surface area contributed by atoms with Gasteiger partial charge < -0.3 is 4.98 Å². The first-order chi connectivity index (χ1) is 14.2. The lowest BCUT2D eigenvalue weighted by Gasteiger charge is -2.37. The van der Waals surface area contributed by atoms with E-state index in [1.54, 1.807) is 0 Å². The van der Waals surface area contributed by atoms with Gasteiger partial charge in [-0.05, 0) is 18.9 Å². The highest BCUT2D eigenvalue weighted by Crippen LogP contribution is 2.35. The highest BCUT2D eigenvalue weighted by molar-refractivity contribution is 7.17. The molecule has 2 aliphatic rings. The minimum absolute atomic E-state index is 0.0780. The molecule has 7 heteroatoms. The van der Waals surface area contributed by atoms with E-state index in [9.17, 15) is 4.79 Å². The fourth-order valence-corrected chi connectivity index (χ4v) is 5.91. The number of benzene rings is 1. The maximum atomic E-state index is 12.9. The Kier molecular flexibility index (Phi) is 5.43. The number of hydrogen-bond donors (Lipinski definition) is 1. The third kappa shape index (κ3) is 3.87. The summed E-state index contributed by atoms with van der Waals surface area (Å²) in [6.45, 7) is 5.00. The largest absolute Gasteiger partial charge is 0.309 e. The number of nitrogens with zero attached hydrogens (tertiary/aromatic N) is 3. The first-order valence-electron chi connectivity index (χ1n) is 10.4. The number of thiophene rings is 1. The van der Waals surface area contributed by atoms with Gasteiger partial charge in [-0.15, -0.1) is 11.3 Å². The summed E-state index contributed by atoms with van der Waals surface area (Å²) >= 11 is 7.86. The summed E-state index contributed by atoms with van der Waals surface area (Å²) in [7, 11) is 0. The molecule has 2 aromatic heterocycles. The predicted octanol–water partition coefficient (Wildman–Crippen LogP) is 4.37. The molecule has 2 fully saturated rings. The van der Waals surface area contributed by atoms with Crippen LogP contribution in [0, 0.1) is 0 Å². The molecular weight excluding hydrogens is 404 g/mol. The van der Waals surface area contributed by atoms with Crippen molar-refractivity contribution in [3.8, 4) is 11.1 Å². The van der Waals surface area contributed by atoms with Crippen LogP contribution >= 0.6 is 22.9 Å². The average molecular weight is 429 g/mol. The van der Waals surface area contributed by atoms with E-state index in [1.165, 1.54) is 37.0 Å². The third-order valence-electron chi connectivity index (χ3n) is 6.28. The SMILES string of the molecule is O=c1[nH]c(CN2CCN(C3CCCC3)CC2)nc2scc(-c3ccccc3Cl)c12. The van der Waals surface area contributed by atoms with Gasteiger partial charge in [0.05, 0.1) is 11.9 Å². The van der Waals surface area contributed by atoms with Crippen molar-refractivity contribution in [2.75, 3.05) is 26.2 Å². The number of aromatic nitrogens is 2. The molecule has 1 saturated heterocycles. The van der Waals surface area contributed by atoms with Gasteiger partial charge >= 0.3 is 0 Å². The second-order valence-electron chi connectivity index (χ2n) is 8.07. The zero-order valence-electron chi connectivity index (χ0n) is 16.4. The molecule has 1 aliphatic heterocycles. The monoisotopic (exact) mass is 428 g/mol. The van der Waals surface area contributed by atoms with Crippen molar-refractivity contribution in [1.29, 1.82) is 0 Å². The van der Waals surface area contributed by atoms with Crippen molar-refractivity contribution in [3.05, 3.63) is 50.8 Å². The van der Waals surface area contributed by atoms with E-state index in [0.29, 0.717) is 17.0 Å². The highest BCUT2D eigenvalue weighted by Gasteiger charge is 2.26. The number of piperazine rings is 1. The fraction of sp³-hybridized carbons (Fsp3) is 0.455. The summed E-state index contributed by atoms with van der Waals surface area (Å²) in [6.07, 6.45) is 5.48. The molecule has 0 bridgehead atoms. The van der Waals surface area contributed by atoms with E-state index in [0.717, 1.165) is 54.0 Å². The van der Waals surface area contributed by atoms with Crippen LogP contribution in [0.2, 0.25) is 5.02 Å². The van der Waals surface area contributed by atoms with Gasteiger partial charge in [0.2, 0.25) is 0 Å². The number of H-pyrrole nitrogens is 1. The quantitative estimate of drug-likeness (QED) is 0.670. The number of nitrogens with one attached hydrogen (secondary N) is 1. The Balaban J connectivity index is 1.33. The molecule has 1 N–H and O–H groups in total. The second kappa shape index (κ2) is 8.19. The van der Waals surface area contributed by atoms with Crippen molar-refractivity contribution in [1.82, 2.24) is 19.8 Å². The van der Waals surface area contributed by atoms with Crippen molar-refractivity contribution in [3.63, 3.8) is 0 Å². The van der Waals surface area contributed by atoms with Gasteiger partial charge in [0, 0.05) is 53.8 Å². The molecule has 5 rings (SSSR count). The Hall–Kier alpha value is -1.73. The minimum Gasteiger partial charge on any atom is -0.309 e. The Morgan fingerprint density at radius 3 is 2.62 bits per heavy atom. The van der Waals surface area contributed by atoms with Crippen LogP contribution in [0.3, 0.4) is 0 Å². The lowest BCUT2D eigenvalue weighted by Crippen LogP contribution is -2.49. The summed E-state index contributed by atoms with van der Waals surface area (Å²) in [5, 5.41) is 3.27. The summed E-state index contributed by atoms with van der Waals surface area (Å²) in [4.78, 5) is 26.5. The van der Waals surface area contributed by atoms with E-state index < -0.39 is 0 Å². The van der Waals surface area contributed by atoms with Gasteiger partial charge in [0.1, 0.15) is 10.7 Å². The number of rotatable bonds is 4. The normalized spacial score (nSPS) is 19.3. The molecule has 0 amide bonds. The van der Waals surface area contributed by atoms with Gasteiger partial charge in [0.15, 0.2) is 0 Å². The Morgan fingerprint density at radius 2 is 1.86 bits per heavy atom. The number of hydrogen-bond acceptors (Lipinski definition) is 5. The molecule has 3 aromatic rings. The molecule has 1 aromatic carbocycles. The Labute approximate surface area is 179 Å². The zero-order chi connectivity index (χ0) is 19.8. The molecule has 1 saturated carbocycles. The van der Waals surface area contributed by atoms with Crippen molar-refractivity contribution < 1.29 is 0 Å². The van der Waals surface area contributed by atoms with Crippen LogP contribution in [0.15, 0.2) is 34.4 Å². The number of halogens is 1. The lowest BCUT2D eigenvalue weighted by atomic mass is 10.1. The first-order valence-corrected chi connectivity index (χ1v) is 11.7. The summed E-state index contributed by atoms with van der Waals surface area (Å²) < 4.78 is 0. The van der Waals surface area contributed by atoms with Crippen LogP contribution < -0.4 is 5.56 Å². The van der Waals surface area contributed by atoms with Crippen LogP contribution in [0.5, 0.6) is 0 Å². The van der Waals surface area contributed by atoms with E-state index in [1.807, 2.05) is 29.6 Å². The standard InChI is InChI=1S/C22H25ClN4OS/c23-18-8-4-3-7-16(18)17-14-29-22-20(17)21(28)24-19(25-22)13-26-9-11-27(12-10-26)15-5-1-2-6-15/h3-4,7-8,14-15H,1-2,5-6,9-13H2,(H,24,25,28). The van der Waals surface area contributed by atoms with Crippen LogP contribution in [0.4, 0.5) is 0 Å². The molecule has 5 nitrogen and oxygen atoms in total. The molecule has 152 valence electrons. The topological polar surface area (TPSA) is 52.2 Å². The number of fused-ring (bicyclic) bond motifs is 1. The maximum Gasteiger partial charge on any atom is 0.260 e. The van der Waals surface area contributed by atoms with Crippen molar-refractivity contribution in [2.24, 2.45) is 0 Å². The smallest absolute Gasteiger partial charge is 0.260 e. The third-order valence-corrected chi connectivity index (χ3v) is 7.48. The zero-order valence-corrected chi connectivity index (χ0v) is 17.9. The summed E-state index contributed by atoms with van der Waals surface area (Å²) in [5.41, 5.74) is 1.66. The molecular formula is C22H25ClN4OS. The van der Waals surface area contributed by atoms with Crippen LogP contribution in [0.1, 0.15) is 31.5 Å². The van der Waals surface area contributed by atoms with Gasteiger partial charge in [-0.3, -0.25) is 14.6 Å². The summed E-state index contributed by atoms with van der Waals surface area (Å²) in [5.74, 6) is 0.754. The number of aromatic amines is 1. The van der Waals surface area contributed by atoms with E-state index in [-0.39, 0.29) is 5.56 Å². The first kappa shape index (κ1) is 19.2. The van der Waals surface area contributed by atoms with Crippen LogP contribution in [0.25, 0.3) is 21.3 Å². The lowest BCUT2D eigenvalue weighted by molar-refractivity contribution is 0.0921. The van der Waals surface area contributed by atoms with Crippen LogP contribution in [-0.2, 0) is 6.54 Å².